The van der Waals surface area contributed by atoms with E-state index in [1.165, 1.54) is 4.90 Å². The summed E-state index contributed by atoms with van der Waals surface area (Å²) in [6.45, 7) is 1.22. The Morgan fingerprint density at radius 1 is 1.00 bits per heavy atom. The predicted octanol–water partition coefficient (Wildman–Crippen LogP) is 1.97. The van der Waals surface area contributed by atoms with Crippen molar-refractivity contribution in [3.63, 3.8) is 0 Å². The molecule has 2 aromatic rings. The molecule has 31 heavy (non-hydrogen) atoms. The first-order valence-electron chi connectivity index (χ1n) is 10.4. The molecule has 0 unspecified atom stereocenters. The number of piperidine rings is 1. The molecule has 8 nitrogen and oxygen atoms in total. The lowest BCUT2D eigenvalue weighted by molar-refractivity contribution is -0.139. The van der Waals surface area contributed by atoms with Gasteiger partial charge < -0.3 is 25.0 Å². The number of nitrogens with zero attached hydrogens (tertiary/aromatic N) is 2. The number of benzene rings is 2. The summed E-state index contributed by atoms with van der Waals surface area (Å²) >= 11 is 0. The van der Waals surface area contributed by atoms with Crippen molar-refractivity contribution in [1.82, 2.24) is 4.90 Å². The van der Waals surface area contributed by atoms with E-state index in [-0.39, 0.29) is 36.3 Å². The van der Waals surface area contributed by atoms with Crippen LogP contribution in [-0.2, 0) is 9.59 Å². The lowest BCUT2D eigenvalue weighted by Gasteiger charge is -2.37. The van der Waals surface area contributed by atoms with E-state index >= 15 is 0 Å². The summed E-state index contributed by atoms with van der Waals surface area (Å²) < 4.78 is 11.6. The van der Waals surface area contributed by atoms with Crippen molar-refractivity contribution in [1.29, 1.82) is 0 Å². The molecule has 1 atom stereocenters. The van der Waals surface area contributed by atoms with Gasteiger partial charge in [0.15, 0.2) is 12.7 Å². The van der Waals surface area contributed by atoms with Crippen molar-refractivity contribution >= 4 is 23.4 Å². The number of carbonyl (C=O) groups is 3. The second-order valence-corrected chi connectivity index (χ2v) is 7.61. The van der Waals surface area contributed by atoms with E-state index in [0.717, 1.165) is 19.3 Å². The van der Waals surface area contributed by atoms with Crippen LogP contribution < -0.4 is 20.1 Å². The van der Waals surface area contributed by atoms with E-state index in [0.29, 0.717) is 24.5 Å². The number of hydrogen-bond donors (Lipinski definition) is 1. The van der Waals surface area contributed by atoms with Gasteiger partial charge in [-0.05, 0) is 43.5 Å². The highest BCUT2D eigenvalue weighted by Gasteiger charge is 2.36. The Morgan fingerprint density at radius 3 is 2.48 bits per heavy atom. The van der Waals surface area contributed by atoms with Crippen molar-refractivity contribution in [3.05, 3.63) is 54.1 Å². The molecule has 3 amide bonds. The molecule has 162 valence electrons. The number of nitrogens with two attached hydrogens (primary N) is 1. The van der Waals surface area contributed by atoms with Gasteiger partial charge in [0.05, 0.1) is 17.8 Å². The predicted molar refractivity (Wildman–Crippen MR) is 114 cm³/mol. The lowest BCUT2D eigenvalue weighted by Crippen LogP contribution is -2.53. The van der Waals surface area contributed by atoms with Crippen molar-refractivity contribution in [2.45, 2.75) is 25.4 Å². The number of carbonyl (C=O) groups excluding carboxylic acids is 3. The first-order valence-corrected chi connectivity index (χ1v) is 10.4. The highest BCUT2D eigenvalue weighted by atomic mass is 16.5. The van der Waals surface area contributed by atoms with E-state index < -0.39 is 12.0 Å². The minimum Gasteiger partial charge on any atom is -0.483 e. The molecular weight excluding hydrogens is 398 g/mol. The van der Waals surface area contributed by atoms with Gasteiger partial charge in [-0.15, -0.1) is 0 Å². The SMILES string of the molecule is NC(=O)c1ccccc1OCC(=O)N1C[C@@H](C(=O)N2CCCCC2)Oc2ccccc21. The first-order chi connectivity index (χ1) is 15.0. The number of rotatable bonds is 5. The van der Waals surface area contributed by atoms with Crippen LogP contribution in [0.25, 0.3) is 0 Å². The van der Waals surface area contributed by atoms with Gasteiger partial charge in [0.25, 0.3) is 17.7 Å². The summed E-state index contributed by atoms with van der Waals surface area (Å²) in [6.07, 6.45) is 2.30. The zero-order valence-electron chi connectivity index (χ0n) is 17.2. The molecule has 0 aromatic heterocycles. The van der Waals surface area contributed by atoms with Gasteiger partial charge in [-0.2, -0.15) is 0 Å². The maximum atomic E-state index is 13.1. The quantitative estimate of drug-likeness (QED) is 0.792. The average Bonchev–Trinajstić information content (AvgIpc) is 2.82. The number of primary amides is 1. The van der Waals surface area contributed by atoms with Crippen molar-refractivity contribution < 1.29 is 23.9 Å². The van der Waals surface area contributed by atoms with E-state index in [2.05, 4.69) is 0 Å². The number of likely N-dealkylation sites (tertiary alicyclic amines) is 1. The summed E-state index contributed by atoms with van der Waals surface area (Å²) in [5.74, 6) is -0.355. The van der Waals surface area contributed by atoms with Gasteiger partial charge in [-0.1, -0.05) is 24.3 Å². The third-order valence-corrected chi connectivity index (χ3v) is 5.52. The lowest BCUT2D eigenvalue weighted by atomic mass is 10.1. The zero-order valence-corrected chi connectivity index (χ0v) is 17.2. The Kier molecular flexibility index (Phi) is 6.06. The molecular formula is C23H25N3O5. The van der Waals surface area contributed by atoms with E-state index in [9.17, 15) is 14.4 Å². The van der Waals surface area contributed by atoms with Crippen LogP contribution in [0.5, 0.6) is 11.5 Å². The van der Waals surface area contributed by atoms with Gasteiger partial charge in [0.2, 0.25) is 0 Å². The third-order valence-electron chi connectivity index (χ3n) is 5.52. The fourth-order valence-electron chi connectivity index (χ4n) is 3.93. The maximum absolute atomic E-state index is 13.1. The van der Waals surface area contributed by atoms with Crippen LogP contribution in [0, 0.1) is 0 Å². The van der Waals surface area contributed by atoms with Gasteiger partial charge in [-0.25, -0.2) is 0 Å². The summed E-state index contributed by atoms with van der Waals surface area (Å²) in [4.78, 5) is 41.0. The minimum absolute atomic E-state index is 0.103. The topological polar surface area (TPSA) is 102 Å². The fourth-order valence-corrected chi connectivity index (χ4v) is 3.93. The second kappa shape index (κ2) is 9.07. The Balaban J connectivity index is 1.51. The highest BCUT2D eigenvalue weighted by molar-refractivity contribution is 5.99. The van der Waals surface area contributed by atoms with Gasteiger partial charge in [0, 0.05) is 13.1 Å². The normalized spacial score (nSPS) is 18.0. The summed E-state index contributed by atoms with van der Waals surface area (Å²) in [6, 6.07) is 13.6. The first kappa shape index (κ1) is 20.7. The largest absolute Gasteiger partial charge is 0.483 e. The number of anilines is 1. The van der Waals surface area contributed by atoms with Crippen LogP contribution >= 0.6 is 0 Å². The van der Waals surface area contributed by atoms with Crippen LogP contribution in [0.3, 0.4) is 0 Å². The minimum atomic E-state index is -0.769. The molecule has 4 rings (SSSR count). The Bertz CT molecular complexity index is 987. The fraction of sp³-hybridized carbons (Fsp3) is 0.348. The van der Waals surface area contributed by atoms with Crippen molar-refractivity contribution in [3.8, 4) is 11.5 Å². The summed E-state index contributed by atoms with van der Waals surface area (Å²) in [5, 5.41) is 0. The third kappa shape index (κ3) is 4.47. The summed E-state index contributed by atoms with van der Waals surface area (Å²) in [5.41, 5.74) is 6.17. The number of fused-ring (bicyclic) bond motifs is 1. The van der Waals surface area contributed by atoms with Gasteiger partial charge in [-0.3, -0.25) is 14.4 Å². The van der Waals surface area contributed by atoms with Crippen molar-refractivity contribution in [2.24, 2.45) is 5.73 Å². The Hall–Kier alpha value is -3.55. The van der Waals surface area contributed by atoms with Crippen LogP contribution in [0.4, 0.5) is 5.69 Å². The summed E-state index contributed by atoms with van der Waals surface area (Å²) in [7, 11) is 0. The van der Waals surface area contributed by atoms with Crippen LogP contribution in [0.1, 0.15) is 29.6 Å². The molecule has 0 spiro atoms. The molecule has 1 saturated heterocycles. The monoisotopic (exact) mass is 423 g/mol. The molecule has 2 aliphatic heterocycles. The van der Waals surface area contributed by atoms with Crippen LogP contribution in [0.2, 0.25) is 0 Å². The Labute approximate surface area is 180 Å². The number of ether oxygens (including phenoxy) is 2. The molecule has 8 heteroatoms. The molecule has 2 heterocycles. The van der Waals surface area contributed by atoms with Gasteiger partial charge in [0.1, 0.15) is 11.5 Å². The van der Waals surface area contributed by atoms with Crippen LogP contribution in [-0.4, -0.2) is 55.0 Å². The Morgan fingerprint density at radius 2 is 1.71 bits per heavy atom. The number of para-hydroxylation sites is 3. The average molecular weight is 423 g/mol. The standard InChI is InChI=1S/C23H25N3O5/c24-22(28)16-8-2-4-10-18(16)30-15-21(27)26-14-20(23(29)25-12-6-1-7-13-25)31-19-11-5-3-9-17(19)26/h2-5,8-11,20H,1,6-7,12-15H2,(H2,24,28)/t20-/m0/s1. The maximum Gasteiger partial charge on any atom is 0.265 e. The number of hydrogen-bond acceptors (Lipinski definition) is 5. The van der Waals surface area contributed by atoms with E-state index in [4.69, 9.17) is 15.2 Å². The van der Waals surface area contributed by atoms with Crippen LogP contribution in [0.15, 0.2) is 48.5 Å². The molecule has 2 aliphatic rings. The van der Waals surface area contributed by atoms with E-state index in [1.54, 1.807) is 48.5 Å². The smallest absolute Gasteiger partial charge is 0.265 e. The molecule has 2 aromatic carbocycles. The highest BCUT2D eigenvalue weighted by Crippen LogP contribution is 2.34. The zero-order chi connectivity index (χ0) is 21.8. The van der Waals surface area contributed by atoms with Crippen molar-refractivity contribution in [2.75, 3.05) is 31.1 Å². The molecule has 1 fully saturated rings. The number of amides is 3. The molecule has 0 saturated carbocycles. The molecule has 2 N–H and O–H groups in total. The van der Waals surface area contributed by atoms with Gasteiger partial charge >= 0.3 is 0 Å². The molecule has 0 aliphatic carbocycles. The molecule has 0 bridgehead atoms. The molecule has 0 radical (unpaired) electrons. The van der Waals surface area contributed by atoms with E-state index in [1.807, 2.05) is 4.90 Å². The second-order valence-electron chi connectivity index (χ2n) is 7.61.